The van der Waals surface area contributed by atoms with Crippen LogP contribution in [0.25, 0.3) is 0 Å². The molecule has 0 fully saturated rings. The second-order valence-electron chi connectivity index (χ2n) is 4.50. The van der Waals surface area contributed by atoms with Gasteiger partial charge in [0.2, 0.25) is 5.78 Å². The van der Waals surface area contributed by atoms with E-state index in [4.69, 9.17) is 4.74 Å². The van der Waals surface area contributed by atoms with Gasteiger partial charge >= 0.3 is 0 Å². The Balaban J connectivity index is 2.10. The molecule has 0 aliphatic carbocycles. The van der Waals surface area contributed by atoms with Crippen LogP contribution < -0.4 is 4.74 Å². The molecule has 2 aromatic rings. The van der Waals surface area contributed by atoms with Gasteiger partial charge in [0.1, 0.15) is 5.75 Å². The zero-order valence-corrected chi connectivity index (χ0v) is 11.5. The van der Waals surface area contributed by atoms with Crippen molar-refractivity contribution in [1.82, 2.24) is 0 Å². The van der Waals surface area contributed by atoms with Gasteiger partial charge in [0.25, 0.3) is 5.69 Å². The van der Waals surface area contributed by atoms with Crippen molar-refractivity contribution in [1.29, 1.82) is 0 Å². The molecule has 0 amide bonds. The summed E-state index contributed by atoms with van der Waals surface area (Å²) in [7, 11) is 0. The van der Waals surface area contributed by atoms with Gasteiger partial charge in [-0.3, -0.25) is 14.9 Å². The van der Waals surface area contributed by atoms with Crippen molar-refractivity contribution in [2.75, 3.05) is 0 Å². The molecule has 7 heteroatoms. The quantitative estimate of drug-likeness (QED) is 0.481. The number of ketones is 1. The van der Waals surface area contributed by atoms with E-state index in [1.165, 1.54) is 31.2 Å². The number of Topliss-reactive ketones (excluding diaryl/α,β-unsaturated/α-hetero) is 1. The SMILES string of the molecule is C[C@@H](Oc1ccc([N+](=O)[O-])cc1)C(=O)c1ccc(F)c(F)c1. The minimum atomic E-state index is -1.12. The lowest BCUT2D eigenvalue weighted by atomic mass is 10.1. The average Bonchev–Trinajstić information content (AvgIpc) is 2.49. The smallest absolute Gasteiger partial charge is 0.269 e. The maximum Gasteiger partial charge on any atom is 0.269 e. The highest BCUT2D eigenvalue weighted by Gasteiger charge is 2.19. The molecule has 0 saturated heterocycles. The Kier molecular flexibility index (Phi) is 4.45. The van der Waals surface area contributed by atoms with Gasteiger partial charge in [-0.1, -0.05) is 0 Å². The first-order valence-corrected chi connectivity index (χ1v) is 6.29. The topological polar surface area (TPSA) is 69.4 Å². The van der Waals surface area contributed by atoms with E-state index in [0.717, 1.165) is 18.2 Å². The molecule has 0 heterocycles. The van der Waals surface area contributed by atoms with Crippen LogP contribution in [0.2, 0.25) is 0 Å². The predicted molar refractivity (Wildman–Crippen MR) is 73.9 cm³/mol. The molecular weight excluding hydrogens is 296 g/mol. The third-order valence-corrected chi connectivity index (χ3v) is 2.93. The van der Waals surface area contributed by atoms with E-state index in [1.54, 1.807) is 0 Å². The van der Waals surface area contributed by atoms with Crippen molar-refractivity contribution in [3.63, 3.8) is 0 Å². The van der Waals surface area contributed by atoms with Gasteiger partial charge < -0.3 is 4.74 Å². The highest BCUT2D eigenvalue weighted by molar-refractivity contribution is 5.99. The molecule has 2 rings (SSSR count). The van der Waals surface area contributed by atoms with Gasteiger partial charge in [-0.25, -0.2) is 8.78 Å². The van der Waals surface area contributed by atoms with E-state index in [0.29, 0.717) is 0 Å². The largest absolute Gasteiger partial charge is 0.483 e. The maximum atomic E-state index is 13.1. The molecule has 5 nitrogen and oxygen atoms in total. The minimum Gasteiger partial charge on any atom is -0.483 e. The Morgan fingerprint density at radius 2 is 1.77 bits per heavy atom. The Labute approximate surface area is 124 Å². The van der Waals surface area contributed by atoms with Gasteiger partial charge in [-0.2, -0.15) is 0 Å². The number of nitrogens with zero attached hydrogens (tertiary/aromatic N) is 1. The fraction of sp³-hybridized carbons (Fsp3) is 0.133. The summed E-state index contributed by atoms with van der Waals surface area (Å²) in [6.07, 6.45) is -0.952. The van der Waals surface area contributed by atoms with Crippen molar-refractivity contribution in [3.05, 3.63) is 69.8 Å². The number of non-ortho nitro benzene ring substituents is 1. The third-order valence-electron chi connectivity index (χ3n) is 2.93. The first-order chi connectivity index (χ1) is 10.4. The summed E-state index contributed by atoms with van der Waals surface area (Å²) < 4.78 is 31.3. The summed E-state index contributed by atoms with van der Waals surface area (Å²) in [5, 5.41) is 10.5. The molecule has 0 aliphatic rings. The van der Waals surface area contributed by atoms with E-state index in [-0.39, 0.29) is 17.0 Å². The molecule has 0 unspecified atom stereocenters. The van der Waals surface area contributed by atoms with Crippen LogP contribution in [0, 0.1) is 21.7 Å². The molecule has 0 radical (unpaired) electrons. The Bertz CT molecular complexity index is 716. The van der Waals surface area contributed by atoms with Crippen LogP contribution in [0.4, 0.5) is 14.5 Å². The van der Waals surface area contributed by atoms with Gasteiger partial charge in [0, 0.05) is 17.7 Å². The van der Waals surface area contributed by atoms with Crippen molar-refractivity contribution in [2.45, 2.75) is 13.0 Å². The Morgan fingerprint density at radius 3 is 2.32 bits per heavy atom. The van der Waals surface area contributed by atoms with E-state index in [2.05, 4.69) is 0 Å². The van der Waals surface area contributed by atoms with E-state index in [1.807, 2.05) is 0 Å². The van der Waals surface area contributed by atoms with Crippen molar-refractivity contribution in [3.8, 4) is 5.75 Å². The van der Waals surface area contributed by atoms with Crippen LogP contribution in [0.3, 0.4) is 0 Å². The highest BCUT2D eigenvalue weighted by Crippen LogP contribution is 2.20. The minimum absolute atomic E-state index is 0.0201. The normalized spacial score (nSPS) is 11.8. The lowest BCUT2D eigenvalue weighted by Crippen LogP contribution is -2.24. The van der Waals surface area contributed by atoms with Crippen molar-refractivity contribution < 1.29 is 23.2 Å². The molecule has 22 heavy (non-hydrogen) atoms. The van der Waals surface area contributed by atoms with Crippen LogP contribution >= 0.6 is 0 Å². The standard InChI is InChI=1S/C15H11F2NO4/c1-9(15(19)10-2-7-13(16)14(17)8-10)22-12-5-3-11(4-6-12)18(20)21/h2-9H,1H3/t9-/m1/s1. The molecule has 0 saturated carbocycles. The Hall–Kier alpha value is -2.83. The second kappa shape index (κ2) is 6.30. The third kappa shape index (κ3) is 3.43. The number of nitro groups is 1. The molecule has 2 aromatic carbocycles. The zero-order valence-electron chi connectivity index (χ0n) is 11.5. The summed E-state index contributed by atoms with van der Waals surface area (Å²) in [4.78, 5) is 22.0. The monoisotopic (exact) mass is 307 g/mol. The summed E-state index contributed by atoms with van der Waals surface area (Å²) >= 11 is 0. The summed E-state index contributed by atoms with van der Waals surface area (Å²) in [6, 6.07) is 8.01. The number of hydrogen-bond acceptors (Lipinski definition) is 4. The predicted octanol–water partition coefficient (Wildman–Crippen LogP) is 3.52. The van der Waals surface area contributed by atoms with Crippen LogP contribution in [0.5, 0.6) is 5.75 Å². The number of ether oxygens (including phenoxy) is 1. The zero-order chi connectivity index (χ0) is 16.3. The number of nitro benzene ring substituents is 1. The number of rotatable bonds is 5. The molecule has 0 aliphatic heterocycles. The second-order valence-corrected chi connectivity index (χ2v) is 4.50. The molecule has 0 N–H and O–H groups in total. The van der Waals surface area contributed by atoms with Crippen molar-refractivity contribution in [2.24, 2.45) is 0 Å². The van der Waals surface area contributed by atoms with Gasteiger partial charge in [0.15, 0.2) is 17.7 Å². The molecular formula is C15H11F2NO4. The van der Waals surface area contributed by atoms with E-state index >= 15 is 0 Å². The molecule has 114 valence electrons. The van der Waals surface area contributed by atoms with E-state index in [9.17, 15) is 23.7 Å². The van der Waals surface area contributed by atoms with Gasteiger partial charge in [-0.15, -0.1) is 0 Å². The van der Waals surface area contributed by atoms with Gasteiger partial charge in [-0.05, 0) is 37.3 Å². The van der Waals surface area contributed by atoms with Crippen LogP contribution in [-0.2, 0) is 0 Å². The highest BCUT2D eigenvalue weighted by atomic mass is 19.2. The number of benzene rings is 2. The average molecular weight is 307 g/mol. The first kappa shape index (κ1) is 15.6. The lowest BCUT2D eigenvalue weighted by molar-refractivity contribution is -0.384. The first-order valence-electron chi connectivity index (χ1n) is 6.29. The summed E-state index contributed by atoms with van der Waals surface area (Å²) in [5.74, 6) is -2.43. The molecule has 0 bridgehead atoms. The summed E-state index contributed by atoms with van der Waals surface area (Å²) in [6.45, 7) is 1.45. The fourth-order valence-corrected chi connectivity index (χ4v) is 1.79. The number of carbonyl (C=O) groups is 1. The maximum absolute atomic E-state index is 13.1. The summed E-state index contributed by atoms with van der Waals surface area (Å²) in [5.41, 5.74) is -0.125. The van der Waals surface area contributed by atoms with Gasteiger partial charge in [0.05, 0.1) is 4.92 Å². The van der Waals surface area contributed by atoms with Crippen LogP contribution in [0.1, 0.15) is 17.3 Å². The number of halogens is 2. The number of hydrogen-bond donors (Lipinski definition) is 0. The van der Waals surface area contributed by atoms with Crippen LogP contribution in [0.15, 0.2) is 42.5 Å². The number of carbonyl (C=O) groups excluding carboxylic acids is 1. The Morgan fingerprint density at radius 1 is 1.14 bits per heavy atom. The van der Waals surface area contributed by atoms with Crippen LogP contribution in [-0.4, -0.2) is 16.8 Å². The molecule has 0 spiro atoms. The van der Waals surface area contributed by atoms with Crippen molar-refractivity contribution >= 4 is 11.5 Å². The fourth-order valence-electron chi connectivity index (χ4n) is 1.79. The van der Waals surface area contributed by atoms with E-state index < -0.39 is 28.4 Å². The molecule has 1 atom stereocenters. The molecule has 0 aromatic heterocycles. The lowest BCUT2D eigenvalue weighted by Gasteiger charge is -2.13.